The lowest BCUT2D eigenvalue weighted by Crippen LogP contribution is -2.69. The van der Waals surface area contributed by atoms with Gasteiger partial charge in [-0.15, -0.1) is 0 Å². The number of hydrogen-bond acceptors (Lipinski definition) is 7. The molecule has 0 radical (unpaired) electrons. The average Bonchev–Trinajstić information content (AvgIpc) is 3.65. The van der Waals surface area contributed by atoms with Crippen molar-refractivity contribution < 1.29 is 24.1 Å². The fourth-order valence-corrected chi connectivity index (χ4v) is 13.9. The molecule has 5 fully saturated rings. The van der Waals surface area contributed by atoms with Crippen LogP contribution in [0.3, 0.4) is 0 Å². The van der Waals surface area contributed by atoms with Gasteiger partial charge in [-0.25, -0.2) is 9.67 Å². The largest absolute Gasteiger partial charge is 0.481 e. The van der Waals surface area contributed by atoms with Crippen LogP contribution in [0.4, 0.5) is 0 Å². The number of ether oxygens (including phenoxy) is 3. The standard InChI is InChI=1S/C45H66N4O5/c1-29(2)30(3)40(4)18-19-42(6)32-14-15-35-41(5)25-53-27-45(35,33(32)16-17-43(42,7)36(40)39(50)51)24-34(37(41)54-26-44(46-8)20-22-52-23-21-44)49-38(47-28-48-49)31-12-10-9-11-13-31/h9-13,16,28-30,32,34-37,46H,14-15,17-27H2,1-8H3,(H,50,51)/t30-,32+,34-,35+,36-,37+,40-,41?,42-,43+,45+/m1/s1. The monoisotopic (exact) mass is 743 g/mol. The third-order valence-electron chi connectivity index (χ3n) is 17.5. The maximum atomic E-state index is 13.6. The minimum Gasteiger partial charge on any atom is -0.481 e. The summed E-state index contributed by atoms with van der Waals surface area (Å²) in [5.74, 6) is 1.27. The zero-order chi connectivity index (χ0) is 38.3. The average molecular weight is 743 g/mol. The zero-order valence-corrected chi connectivity index (χ0v) is 34.2. The summed E-state index contributed by atoms with van der Waals surface area (Å²) in [5, 5.41) is 19.8. The number of allylic oxidation sites excluding steroid dienone is 1. The molecule has 0 spiro atoms. The molecule has 2 N–H and O–H groups in total. The van der Waals surface area contributed by atoms with E-state index in [-0.39, 0.29) is 44.8 Å². The van der Waals surface area contributed by atoms with E-state index in [0.29, 0.717) is 43.5 Å². The fraction of sp³-hybridized carbons (Fsp3) is 0.756. The van der Waals surface area contributed by atoms with Gasteiger partial charge in [0, 0.05) is 35.1 Å². The van der Waals surface area contributed by atoms with Crippen LogP contribution in [-0.4, -0.2) is 77.6 Å². The first-order valence-corrected chi connectivity index (χ1v) is 21.0. The molecule has 1 aromatic carbocycles. The van der Waals surface area contributed by atoms with Crippen molar-refractivity contribution in [2.24, 2.45) is 56.7 Å². The number of nitrogens with one attached hydrogen (secondary N) is 1. The van der Waals surface area contributed by atoms with E-state index in [9.17, 15) is 9.90 Å². The molecule has 2 saturated heterocycles. The number of carbonyl (C=O) groups is 1. The Balaban J connectivity index is 1.23. The van der Waals surface area contributed by atoms with Crippen LogP contribution in [0.15, 0.2) is 48.3 Å². The van der Waals surface area contributed by atoms with Gasteiger partial charge in [0.05, 0.1) is 37.9 Å². The molecule has 6 aliphatic rings. The van der Waals surface area contributed by atoms with Gasteiger partial charge >= 0.3 is 5.97 Å². The van der Waals surface area contributed by atoms with Crippen LogP contribution in [0.2, 0.25) is 0 Å². The van der Waals surface area contributed by atoms with Gasteiger partial charge < -0.3 is 24.6 Å². The fourth-order valence-electron chi connectivity index (χ4n) is 13.9. The van der Waals surface area contributed by atoms with E-state index in [1.54, 1.807) is 6.33 Å². The second-order valence-corrected chi connectivity index (χ2v) is 19.9. The van der Waals surface area contributed by atoms with Gasteiger partial charge in [0.25, 0.3) is 0 Å². The van der Waals surface area contributed by atoms with Crippen molar-refractivity contribution in [3.05, 3.63) is 48.3 Å². The highest BCUT2D eigenvalue weighted by Crippen LogP contribution is 2.75. The number of aromatic nitrogens is 3. The Morgan fingerprint density at radius 2 is 1.74 bits per heavy atom. The summed E-state index contributed by atoms with van der Waals surface area (Å²) < 4.78 is 22.2. The summed E-state index contributed by atoms with van der Waals surface area (Å²) in [6, 6.07) is 10.4. The Morgan fingerprint density at radius 1 is 1.00 bits per heavy atom. The van der Waals surface area contributed by atoms with Crippen molar-refractivity contribution in [2.75, 3.05) is 40.1 Å². The maximum Gasteiger partial charge on any atom is 0.307 e. The van der Waals surface area contributed by atoms with E-state index in [1.807, 2.05) is 6.07 Å². The first-order valence-electron chi connectivity index (χ1n) is 21.0. The predicted octanol–water partition coefficient (Wildman–Crippen LogP) is 8.23. The highest BCUT2D eigenvalue weighted by Gasteiger charge is 2.72. The molecule has 1 unspecified atom stereocenters. The summed E-state index contributed by atoms with van der Waals surface area (Å²) in [4.78, 5) is 18.5. The molecule has 2 bridgehead atoms. The first kappa shape index (κ1) is 38.3. The minimum absolute atomic E-state index is 0.0596. The molecule has 3 heterocycles. The second-order valence-electron chi connectivity index (χ2n) is 19.9. The topological polar surface area (TPSA) is 108 Å². The van der Waals surface area contributed by atoms with Gasteiger partial charge in [-0.2, -0.15) is 5.10 Å². The molecule has 11 atom stereocenters. The molecule has 8 rings (SSSR count). The second kappa shape index (κ2) is 13.5. The number of likely N-dealkylation sites (N-methyl/N-ethyl adjacent to an activating group) is 1. The van der Waals surface area contributed by atoms with Crippen molar-refractivity contribution in [3.63, 3.8) is 0 Å². The Hall–Kier alpha value is -2.59. The van der Waals surface area contributed by atoms with Crippen LogP contribution in [0.25, 0.3) is 11.4 Å². The number of hydrogen-bond donors (Lipinski definition) is 2. The molecule has 54 heavy (non-hydrogen) atoms. The molecule has 2 aromatic rings. The van der Waals surface area contributed by atoms with Crippen LogP contribution in [-0.2, 0) is 19.0 Å². The van der Waals surface area contributed by atoms with Gasteiger partial charge in [-0.3, -0.25) is 4.79 Å². The summed E-state index contributed by atoms with van der Waals surface area (Å²) in [7, 11) is 2.06. The van der Waals surface area contributed by atoms with E-state index in [1.165, 1.54) is 5.57 Å². The Labute approximate surface area is 323 Å². The molecule has 4 aliphatic carbocycles. The lowest BCUT2D eigenvalue weighted by molar-refractivity contribution is -0.253. The number of carboxylic acids is 1. The van der Waals surface area contributed by atoms with Crippen LogP contribution >= 0.6 is 0 Å². The summed E-state index contributed by atoms with van der Waals surface area (Å²) in [5.41, 5.74) is 1.22. The van der Waals surface area contributed by atoms with E-state index in [0.717, 1.165) is 76.0 Å². The number of fused-ring (bicyclic) bond motifs is 3. The van der Waals surface area contributed by atoms with Crippen molar-refractivity contribution >= 4 is 5.97 Å². The number of carboxylic acid groups (broad SMARTS) is 1. The molecule has 3 saturated carbocycles. The third-order valence-corrected chi connectivity index (χ3v) is 17.5. The Morgan fingerprint density at radius 3 is 2.43 bits per heavy atom. The van der Waals surface area contributed by atoms with Gasteiger partial charge in [0.2, 0.25) is 0 Å². The number of aliphatic carboxylic acids is 1. The lowest BCUT2D eigenvalue weighted by atomic mass is 9.34. The summed E-state index contributed by atoms with van der Waals surface area (Å²) >= 11 is 0. The van der Waals surface area contributed by atoms with Gasteiger partial charge in [-0.1, -0.05) is 90.4 Å². The van der Waals surface area contributed by atoms with E-state index < -0.39 is 11.9 Å². The van der Waals surface area contributed by atoms with Crippen molar-refractivity contribution in [1.29, 1.82) is 0 Å². The third kappa shape index (κ3) is 5.40. The Bertz CT molecular complexity index is 1740. The SMILES string of the molecule is CNC1(CO[C@H]2[C@H](n3ncnc3-c3ccccc3)C[C@@]34COCC2(C)[C@@H]3CC[C@H]2C4=CC[C@@]3(C)[C@H](C(=O)O)[C@@](C)([C@H](C)C(C)C)CC[C@]23C)CCOCC1. The molecule has 0 amide bonds. The van der Waals surface area contributed by atoms with Crippen molar-refractivity contribution in [2.45, 2.75) is 118 Å². The van der Waals surface area contributed by atoms with Gasteiger partial charge in [-0.05, 0) is 98.3 Å². The number of nitrogens with zero attached hydrogens (tertiary/aromatic N) is 3. The molecule has 1 aromatic heterocycles. The molecule has 296 valence electrons. The molecular formula is C45H66N4O5. The first-order chi connectivity index (χ1) is 25.7. The maximum absolute atomic E-state index is 13.6. The quantitative estimate of drug-likeness (QED) is 0.248. The molecule has 2 aliphatic heterocycles. The van der Waals surface area contributed by atoms with E-state index in [2.05, 4.69) is 95.9 Å². The van der Waals surface area contributed by atoms with Crippen molar-refractivity contribution in [3.8, 4) is 11.4 Å². The van der Waals surface area contributed by atoms with Crippen molar-refractivity contribution in [1.82, 2.24) is 20.1 Å². The van der Waals surface area contributed by atoms with Crippen LogP contribution < -0.4 is 5.32 Å². The summed E-state index contributed by atoms with van der Waals surface area (Å²) in [6.07, 6.45) is 11.8. The van der Waals surface area contributed by atoms with Crippen LogP contribution in [0.5, 0.6) is 0 Å². The highest BCUT2D eigenvalue weighted by molar-refractivity contribution is 5.73. The minimum atomic E-state index is -0.614. The van der Waals surface area contributed by atoms with E-state index >= 15 is 0 Å². The summed E-state index contributed by atoms with van der Waals surface area (Å²) in [6.45, 7) is 19.8. The van der Waals surface area contributed by atoms with Gasteiger partial charge in [0.15, 0.2) is 5.82 Å². The number of benzene rings is 1. The van der Waals surface area contributed by atoms with Crippen LogP contribution in [0.1, 0.15) is 106 Å². The van der Waals surface area contributed by atoms with Gasteiger partial charge in [0.1, 0.15) is 6.33 Å². The number of rotatable bonds is 9. The molecule has 9 nitrogen and oxygen atoms in total. The normalized spacial score (nSPS) is 41.9. The molecular weight excluding hydrogens is 677 g/mol. The predicted molar refractivity (Wildman–Crippen MR) is 210 cm³/mol. The van der Waals surface area contributed by atoms with E-state index in [4.69, 9.17) is 24.3 Å². The smallest absolute Gasteiger partial charge is 0.307 e. The molecule has 9 heteroatoms. The van der Waals surface area contributed by atoms with Crippen LogP contribution in [0, 0.1) is 56.7 Å². The lowest BCUT2D eigenvalue weighted by Gasteiger charge is -2.71. The Kier molecular flexibility index (Phi) is 9.59. The zero-order valence-electron chi connectivity index (χ0n) is 34.2. The highest BCUT2D eigenvalue weighted by atomic mass is 16.5.